The predicted octanol–water partition coefficient (Wildman–Crippen LogP) is 0.491. The van der Waals surface area contributed by atoms with Gasteiger partial charge >= 0.3 is 0 Å². The Kier molecular flexibility index (Phi) is 5.72. The van der Waals surface area contributed by atoms with E-state index in [0.29, 0.717) is 25.9 Å². The number of rotatable bonds is 6. The molecular weight excluding hydrogens is 406 g/mol. The highest BCUT2D eigenvalue weighted by Crippen LogP contribution is 2.24. The molecular formula is C20H25N5O4S. The number of imide groups is 1. The number of hydrogen-bond acceptors (Lipinski definition) is 6. The summed E-state index contributed by atoms with van der Waals surface area (Å²) >= 11 is 0. The van der Waals surface area contributed by atoms with Gasteiger partial charge in [-0.15, -0.1) is 0 Å². The molecule has 0 unspecified atom stereocenters. The zero-order chi connectivity index (χ0) is 21.3. The normalized spacial score (nSPS) is 21.5. The van der Waals surface area contributed by atoms with Gasteiger partial charge in [-0.3, -0.25) is 19.4 Å². The van der Waals surface area contributed by atoms with E-state index in [0.717, 1.165) is 5.56 Å². The summed E-state index contributed by atoms with van der Waals surface area (Å²) in [5.41, 5.74) is 0.919. The molecule has 160 valence electrons. The Labute approximate surface area is 175 Å². The molecule has 0 radical (unpaired) electrons. The highest BCUT2D eigenvalue weighted by atomic mass is 32.2. The van der Waals surface area contributed by atoms with Crippen LogP contribution in [-0.4, -0.2) is 64.8 Å². The lowest BCUT2D eigenvalue weighted by molar-refractivity contribution is -0.140. The SMILES string of the molecule is Cn1cnc(S(=O)(=O)NC2CCN([C@H]3CC(=O)N(Cc4ccccc4)C3=O)CC2)c1. The number of likely N-dealkylation sites (tertiary alicyclic amines) is 2. The number of sulfonamides is 1. The van der Waals surface area contributed by atoms with Crippen molar-refractivity contribution in [2.24, 2.45) is 7.05 Å². The van der Waals surface area contributed by atoms with Crippen LogP contribution in [0.5, 0.6) is 0 Å². The zero-order valence-electron chi connectivity index (χ0n) is 16.8. The fourth-order valence-electron chi connectivity index (χ4n) is 4.02. The number of aromatic nitrogens is 2. The topological polar surface area (TPSA) is 105 Å². The van der Waals surface area contributed by atoms with Gasteiger partial charge in [0.05, 0.1) is 25.3 Å². The van der Waals surface area contributed by atoms with Crippen molar-refractivity contribution in [1.82, 2.24) is 24.1 Å². The van der Waals surface area contributed by atoms with Crippen LogP contribution in [0.3, 0.4) is 0 Å². The number of carbonyl (C=O) groups excluding carboxylic acids is 2. The van der Waals surface area contributed by atoms with Crippen LogP contribution < -0.4 is 4.72 Å². The van der Waals surface area contributed by atoms with Gasteiger partial charge in [0, 0.05) is 32.4 Å². The second-order valence-electron chi connectivity index (χ2n) is 7.83. The fraction of sp³-hybridized carbons (Fsp3) is 0.450. The van der Waals surface area contributed by atoms with Gasteiger partial charge in [-0.05, 0) is 18.4 Å². The van der Waals surface area contributed by atoms with E-state index in [9.17, 15) is 18.0 Å². The molecule has 2 aliphatic heterocycles. The molecule has 9 nitrogen and oxygen atoms in total. The lowest BCUT2D eigenvalue weighted by atomic mass is 10.0. The van der Waals surface area contributed by atoms with Crippen LogP contribution in [-0.2, 0) is 33.2 Å². The summed E-state index contributed by atoms with van der Waals surface area (Å²) in [7, 11) is -1.95. The number of nitrogens with zero attached hydrogens (tertiary/aromatic N) is 4. The second-order valence-corrected chi connectivity index (χ2v) is 9.49. The molecule has 0 bridgehead atoms. The number of aryl methyl sites for hydroxylation is 1. The van der Waals surface area contributed by atoms with Crippen molar-refractivity contribution in [3.8, 4) is 0 Å². The molecule has 2 aliphatic rings. The molecule has 3 heterocycles. The maximum Gasteiger partial charge on any atom is 0.259 e. The van der Waals surface area contributed by atoms with E-state index in [2.05, 4.69) is 9.71 Å². The smallest absolute Gasteiger partial charge is 0.259 e. The fourth-order valence-corrected chi connectivity index (χ4v) is 5.31. The maximum absolute atomic E-state index is 12.9. The van der Waals surface area contributed by atoms with Gasteiger partial charge < -0.3 is 4.57 Å². The Morgan fingerprint density at radius 3 is 2.47 bits per heavy atom. The molecule has 1 N–H and O–H groups in total. The molecule has 0 aliphatic carbocycles. The Morgan fingerprint density at radius 2 is 1.83 bits per heavy atom. The van der Waals surface area contributed by atoms with E-state index in [1.165, 1.54) is 17.4 Å². The Bertz CT molecular complexity index is 1030. The first kappa shape index (κ1) is 20.7. The highest BCUT2D eigenvalue weighted by Gasteiger charge is 2.42. The number of piperidine rings is 1. The first-order valence-electron chi connectivity index (χ1n) is 9.96. The minimum absolute atomic E-state index is 0.000510. The Morgan fingerprint density at radius 1 is 1.13 bits per heavy atom. The molecule has 0 saturated carbocycles. The highest BCUT2D eigenvalue weighted by molar-refractivity contribution is 7.89. The number of nitrogens with one attached hydrogen (secondary N) is 1. The van der Waals surface area contributed by atoms with Crippen LogP contribution in [0.15, 0.2) is 47.9 Å². The number of imidazole rings is 1. The van der Waals surface area contributed by atoms with Crippen molar-refractivity contribution in [2.75, 3.05) is 13.1 Å². The molecule has 10 heteroatoms. The third-order valence-electron chi connectivity index (χ3n) is 5.65. The molecule has 30 heavy (non-hydrogen) atoms. The standard InChI is InChI=1S/C20H25N5O4S/c1-23-13-18(21-14-23)30(28,29)22-16-7-9-24(10-8-16)17-11-19(26)25(20(17)27)12-15-5-3-2-4-6-15/h2-6,13-14,16-17,22H,7-12H2,1H3/t17-/m0/s1. The number of hydrogen-bond donors (Lipinski definition) is 1. The van der Waals surface area contributed by atoms with E-state index in [4.69, 9.17) is 0 Å². The van der Waals surface area contributed by atoms with Crippen LogP contribution in [0.4, 0.5) is 0 Å². The summed E-state index contributed by atoms with van der Waals surface area (Å²) in [5, 5.41) is 0.000510. The molecule has 2 amide bonds. The molecule has 2 saturated heterocycles. The number of benzene rings is 1. The van der Waals surface area contributed by atoms with Crippen LogP contribution in [0.2, 0.25) is 0 Å². The zero-order valence-corrected chi connectivity index (χ0v) is 17.6. The summed E-state index contributed by atoms with van der Waals surface area (Å²) in [6, 6.07) is 8.77. The minimum atomic E-state index is -3.67. The molecule has 1 aromatic carbocycles. The van der Waals surface area contributed by atoms with Crippen molar-refractivity contribution in [2.45, 2.75) is 42.9 Å². The largest absolute Gasteiger partial charge is 0.339 e. The van der Waals surface area contributed by atoms with E-state index in [1.54, 1.807) is 11.6 Å². The molecule has 1 atom stereocenters. The summed E-state index contributed by atoms with van der Waals surface area (Å²) in [5.74, 6) is -0.330. The molecule has 2 aromatic rings. The molecule has 1 aromatic heterocycles. The maximum atomic E-state index is 12.9. The lowest BCUT2D eigenvalue weighted by Gasteiger charge is -2.34. The van der Waals surface area contributed by atoms with Gasteiger partial charge in [0.15, 0.2) is 5.03 Å². The van der Waals surface area contributed by atoms with Gasteiger partial charge in [-0.25, -0.2) is 18.1 Å². The lowest BCUT2D eigenvalue weighted by Crippen LogP contribution is -2.50. The van der Waals surface area contributed by atoms with Crippen molar-refractivity contribution in [3.63, 3.8) is 0 Å². The van der Waals surface area contributed by atoms with Gasteiger partial charge in [0.25, 0.3) is 10.0 Å². The number of carbonyl (C=O) groups is 2. The average Bonchev–Trinajstić information content (AvgIpc) is 3.28. The van der Waals surface area contributed by atoms with Crippen LogP contribution in [0, 0.1) is 0 Å². The van der Waals surface area contributed by atoms with Crippen molar-refractivity contribution >= 4 is 21.8 Å². The summed E-state index contributed by atoms with van der Waals surface area (Å²) in [6.07, 6.45) is 4.23. The van der Waals surface area contributed by atoms with Crippen molar-refractivity contribution < 1.29 is 18.0 Å². The first-order valence-corrected chi connectivity index (χ1v) is 11.4. The van der Waals surface area contributed by atoms with Crippen LogP contribution in [0.25, 0.3) is 0 Å². The van der Waals surface area contributed by atoms with Crippen LogP contribution >= 0.6 is 0 Å². The molecule has 4 rings (SSSR count). The predicted molar refractivity (Wildman–Crippen MR) is 109 cm³/mol. The van der Waals surface area contributed by atoms with E-state index in [-0.39, 0.29) is 35.8 Å². The molecule has 2 fully saturated rings. The van der Waals surface area contributed by atoms with E-state index >= 15 is 0 Å². The monoisotopic (exact) mass is 431 g/mol. The average molecular weight is 432 g/mol. The third kappa shape index (κ3) is 4.30. The van der Waals surface area contributed by atoms with Crippen molar-refractivity contribution in [1.29, 1.82) is 0 Å². The molecule has 0 spiro atoms. The van der Waals surface area contributed by atoms with Gasteiger partial charge in [0.2, 0.25) is 11.8 Å². The summed E-state index contributed by atoms with van der Waals surface area (Å²) in [4.78, 5) is 32.5. The van der Waals surface area contributed by atoms with Gasteiger partial charge in [0.1, 0.15) is 0 Å². The summed E-state index contributed by atoms with van der Waals surface area (Å²) in [6.45, 7) is 1.39. The van der Waals surface area contributed by atoms with E-state index < -0.39 is 16.1 Å². The first-order chi connectivity index (χ1) is 14.3. The van der Waals surface area contributed by atoms with E-state index in [1.807, 2.05) is 35.2 Å². The van der Waals surface area contributed by atoms with Crippen molar-refractivity contribution in [3.05, 3.63) is 48.4 Å². The van der Waals surface area contributed by atoms with Gasteiger partial charge in [-0.1, -0.05) is 30.3 Å². The second kappa shape index (κ2) is 8.29. The Balaban J connectivity index is 1.34. The third-order valence-corrected chi connectivity index (χ3v) is 7.06. The summed E-state index contributed by atoms with van der Waals surface area (Å²) < 4.78 is 29.2. The minimum Gasteiger partial charge on any atom is -0.339 e. The van der Waals surface area contributed by atoms with Crippen LogP contribution in [0.1, 0.15) is 24.8 Å². The van der Waals surface area contributed by atoms with Gasteiger partial charge in [-0.2, -0.15) is 0 Å². The number of amides is 2. The Hall–Kier alpha value is -2.56. The quantitative estimate of drug-likeness (QED) is 0.668.